The number of amides is 1. The maximum absolute atomic E-state index is 11.1. The summed E-state index contributed by atoms with van der Waals surface area (Å²) in [5.74, 6) is -0.115. The summed E-state index contributed by atoms with van der Waals surface area (Å²) in [7, 11) is 1.59. The average Bonchev–Trinajstić information content (AvgIpc) is 2.01. The van der Waals surface area contributed by atoms with E-state index in [0.717, 1.165) is 3.57 Å². The van der Waals surface area contributed by atoms with Crippen molar-refractivity contribution < 1.29 is 4.79 Å². The Morgan fingerprint density at radius 3 is 2.67 bits per heavy atom. The lowest BCUT2D eigenvalue weighted by Gasteiger charge is -2.00. The van der Waals surface area contributed by atoms with E-state index in [9.17, 15) is 4.79 Å². The van der Waals surface area contributed by atoms with Gasteiger partial charge in [0, 0.05) is 21.2 Å². The SMILES string of the molecule is CNC(=O)c1cc(Cl)cc(I)c1. The molecule has 0 aliphatic rings. The summed E-state index contributed by atoms with van der Waals surface area (Å²) >= 11 is 7.88. The molecule has 0 atom stereocenters. The van der Waals surface area contributed by atoms with Gasteiger partial charge in [0.1, 0.15) is 0 Å². The van der Waals surface area contributed by atoms with E-state index in [-0.39, 0.29) is 5.91 Å². The minimum absolute atomic E-state index is 0.115. The van der Waals surface area contributed by atoms with Crippen LogP contribution in [-0.4, -0.2) is 13.0 Å². The molecule has 0 spiro atoms. The van der Waals surface area contributed by atoms with Gasteiger partial charge in [0.05, 0.1) is 0 Å². The second kappa shape index (κ2) is 4.09. The van der Waals surface area contributed by atoms with E-state index in [1.165, 1.54) is 0 Å². The molecule has 1 aromatic carbocycles. The highest BCUT2D eigenvalue weighted by Gasteiger charge is 2.04. The van der Waals surface area contributed by atoms with Gasteiger partial charge in [-0.05, 0) is 40.8 Å². The largest absolute Gasteiger partial charge is 0.355 e. The van der Waals surface area contributed by atoms with E-state index < -0.39 is 0 Å². The molecule has 2 nitrogen and oxygen atoms in total. The summed E-state index contributed by atoms with van der Waals surface area (Å²) in [4.78, 5) is 11.1. The molecule has 1 rings (SSSR count). The monoisotopic (exact) mass is 295 g/mol. The van der Waals surface area contributed by atoms with Crippen LogP contribution in [0.2, 0.25) is 5.02 Å². The first kappa shape index (κ1) is 9.80. The van der Waals surface area contributed by atoms with Crippen molar-refractivity contribution >= 4 is 40.1 Å². The van der Waals surface area contributed by atoms with Gasteiger partial charge in [0.15, 0.2) is 0 Å². The van der Waals surface area contributed by atoms with E-state index in [4.69, 9.17) is 11.6 Å². The molecular weight excluding hydrogens is 288 g/mol. The Morgan fingerprint density at radius 2 is 2.17 bits per heavy atom. The lowest BCUT2D eigenvalue weighted by molar-refractivity contribution is 0.0963. The third-order valence-electron chi connectivity index (χ3n) is 1.35. The summed E-state index contributed by atoms with van der Waals surface area (Å²) in [6, 6.07) is 5.22. The van der Waals surface area contributed by atoms with Crippen molar-refractivity contribution in [3.8, 4) is 0 Å². The van der Waals surface area contributed by atoms with Crippen molar-refractivity contribution in [2.24, 2.45) is 0 Å². The summed E-state index contributed by atoms with van der Waals surface area (Å²) in [6.45, 7) is 0. The molecular formula is C8H7ClINO. The Hall–Kier alpha value is -0.290. The number of halogens is 2. The normalized spacial score (nSPS) is 9.58. The average molecular weight is 296 g/mol. The molecule has 0 aliphatic carbocycles. The van der Waals surface area contributed by atoms with Crippen molar-refractivity contribution in [2.75, 3.05) is 7.05 Å². The second-order valence-electron chi connectivity index (χ2n) is 2.24. The fraction of sp³-hybridized carbons (Fsp3) is 0.125. The van der Waals surface area contributed by atoms with Crippen molar-refractivity contribution in [3.63, 3.8) is 0 Å². The molecule has 4 heteroatoms. The van der Waals surface area contributed by atoms with Gasteiger partial charge in [0.25, 0.3) is 5.91 Å². The molecule has 0 saturated carbocycles. The number of benzene rings is 1. The van der Waals surface area contributed by atoms with Gasteiger partial charge in [-0.2, -0.15) is 0 Å². The summed E-state index contributed by atoms with van der Waals surface area (Å²) in [5, 5.41) is 3.12. The summed E-state index contributed by atoms with van der Waals surface area (Å²) < 4.78 is 0.957. The Kier molecular flexibility index (Phi) is 3.34. The van der Waals surface area contributed by atoms with Crippen LogP contribution in [0.5, 0.6) is 0 Å². The van der Waals surface area contributed by atoms with Gasteiger partial charge in [-0.15, -0.1) is 0 Å². The topological polar surface area (TPSA) is 29.1 Å². The van der Waals surface area contributed by atoms with Crippen LogP contribution in [0.15, 0.2) is 18.2 Å². The standard InChI is InChI=1S/C8H7ClINO/c1-11-8(12)5-2-6(9)4-7(10)3-5/h2-4H,1H3,(H,11,12). The molecule has 64 valence electrons. The summed E-state index contributed by atoms with van der Waals surface area (Å²) in [5.41, 5.74) is 0.592. The third kappa shape index (κ3) is 2.35. The zero-order chi connectivity index (χ0) is 9.14. The van der Waals surface area contributed by atoms with Crippen LogP contribution >= 0.6 is 34.2 Å². The number of carbonyl (C=O) groups excluding carboxylic acids is 1. The minimum atomic E-state index is -0.115. The third-order valence-corrected chi connectivity index (χ3v) is 2.19. The van der Waals surface area contributed by atoms with Crippen LogP contribution in [0.25, 0.3) is 0 Å². The van der Waals surface area contributed by atoms with Crippen molar-refractivity contribution in [3.05, 3.63) is 32.4 Å². The van der Waals surface area contributed by atoms with Gasteiger partial charge in [-0.25, -0.2) is 0 Å². The maximum atomic E-state index is 11.1. The molecule has 1 amide bonds. The smallest absolute Gasteiger partial charge is 0.251 e. The number of hydrogen-bond donors (Lipinski definition) is 1. The van der Waals surface area contributed by atoms with Crippen LogP contribution in [0.1, 0.15) is 10.4 Å². The first-order chi connectivity index (χ1) is 5.63. The van der Waals surface area contributed by atoms with Gasteiger partial charge < -0.3 is 5.32 Å². The number of hydrogen-bond acceptors (Lipinski definition) is 1. The van der Waals surface area contributed by atoms with Crippen molar-refractivity contribution in [1.82, 2.24) is 5.32 Å². The maximum Gasteiger partial charge on any atom is 0.251 e. The van der Waals surface area contributed by atoms with E-state index in [1.54, 1.807) is 25.2 Å². The van der Waals surface area contributed by atoms with E-state index in [0.29, 0.717) is 10.6 Å². The number of nitrogens with one attached hydrogen (secondary N) is 1. The highest BCUT2D eigenvalue weighted by molar-refractivity contribution is 14.1. The Labute approximate surface area is 89.4 Å². The first-order valence-electron chi connectivity index (χ1n) is 3.31. The van der Waals surface area contributed by atoms with E-state index in [1.807, 2.05) is 0 Å². The highest BCUT2D eigenvalue weighted by atomic mass is 127. The predicted molar refractivity (Wildman–Crippen MR) is 57.6 cm³/mol. The Bertz CT molecular complexity index is 294. The molecule has 0 bridgehead atoms. The molecule has 0 unspecified atom stereocenters. The lowest BCUT2D eigenvalue weighted by atomic mass is 10.2. The molecule has 0 saturated heterocycles. The highest BCUT2D eigenvalue weighted by Crippen LogP contribution is 2.16. The molecule has 1 aromatic rings. The first-order valence-corrected chi connectivity index (χ1v) is 4.77. The van der Waals surface area contributed by atoms with E-state index >= 15 is 0 Å². The second-order valence-corrected chi connectivity index (χ2v) is 3.92. The van der Waals surface area contributed by atoms with Crippen LogP contribution in [0.4, 0.5) is 0 Å². The van der Waals surface area contributed by atoms with Gasteiger partial charge in [0.2, 0.25) is 0 Å². The minimum Gasteiger partial charge on any atom is -0.355 e. The quantitative estimate of drug-likeness (QED) is 0.792. The molecule has 0 aromatic heterocycles. The van der Waals surface area contributed by atoms with Gasteiger partial charge in [-0.3, -0.25) is 4.79 Å². The number of carbonyl (C=O) groups is 1. The molecule has 0 fully saturated rings. The van der Waals surface area contributed by atoms with E-state index in [2.05, 4.69) is 27.9 Å². The fourth-order valence-corrected chi connectivity index (χ4v) is 1.92. The van der Waals surface area contributed by atoms with Crippen molar-refractivity contribution in [1.29, 1.82) is 0 Å². The number of rotatable bonds is 1. The molecule has 0 aliphatic heterocycles. The molecule has 0 radical (unpaired) electrons. The Balaban J connectivity index is 3.08. The van der Waals surface area contributed by atoms with Crippen LogP contribution < -0.4 is 5.32 Å². The fourth-order valence-electron chi connectivity index (χ4n) is 0.829. The van der Waals surface area contributed by atoms with Gasteiger partial charge in [-0.1, -0.05) is 11.6 Å². The van der Waals surface area contributed by atoms with Crippen LogP contribution in [0.3, 0.4) is 0 Å². The molecule has 0 heterocycles. The van der Waals surface area contributed by atoms with Crippen LogP contribution in [0, 0.1) is 3.57 Å². The van der Waals surface area contributed by atoms with Gasteiger partial charge >= 0.3 is 0 Å². The zero-order valence-corrected chi connectivity index (χ0v) is 9.31. The zero-order valence-electron chi connectivity index (χ0n) is 6.40. The Morgan fingerprint density at radius 1 is 1.50 bits per heavy atom. The predicted octanol–water partition coefficient (Wildman–Crippen LogP) is 2.30. The summed E-state index contributed by atoms with van der Waals surface area (Å²) in [6.07, 6.45) is 0. The molecule has 1 N–H and O–H groups in total. The van der Waals surface area contributed by atoms with Crippen molar-refractivity contribution in [2.45, 2.75) is 0 Å². The lowest BCUT2D eigenvalue weighted by Crippen LogP contribution is -2.17. The molecule has 12 heavy (non-hydrogen) atoms. The van der Waals surface area contributed by atoms with Crippen LogP contribution in [-0.2, 0) is 0 Å².